The summed E-state index contributed by atoms with van der Waals surface area (Å²) in [5, 5.41) is 0. The third-order valence-electron chi connectivity index (χ3n) is 5.04. The number of para-hydroxylation sites is 1. The zero-order valence-electron chi connectivity index (χ0n) is 17.4. The third-order valence-corrected chi connectivity index (χ3v) is 6.68. The number of rotatable bonds is 7. The Bertz CT molecular complexity index is 934. The van der Waals surface area contributed by atoms with Gasteiger partial charge < -0.3 is 9.64 Å². The largest absolute Gasteiger partial charge is 0.497 e. The fourth-order valence-corrected chi connectivity index (χ4v) is 4.36. The van der Waals surface area contributed by atoms with Gasteiger partial charge in [-0.05, 0) is 51.0 Å². The highest BCUT2D eigenvalue weighted by molar-refractivity contribution is 7.84. The van der Waals surface area contributed by atoms with Crippen molar-refractivity contribution in [2.45, 2.75) is 44.0 Å². The van der Waals surface area contributed by atoms with E-state index in [4.69, 9.17) is 4.74 Å². The Labute approximate surface area is 175 Å². The number of methoxy groups -OCH3 is 1. The number of amides is 1. The highest BCUT2D eigenvalue weighted by atomic mass is 32.2. The number of hydrogen-bond donors (Lipinski definition) is 1. The molecule has 0 aliphatic carbocycles. The highest BCUT2D eigenvalue weighted by Gasteiger charge is 2.51. The average molecular weight is 413 g/mol. The number of carbonyl (C=O) groups excluding carboxylic acids is 1. The fourth-order valence-electron chi connectivity index (χ4n) is 3.46. The van der Waals surface area contributed by atoms with Gasteiger partial charge in [0.25, 0.3) is 5.91 Å². The summed E-state index contributed by atoms with van der Waals surface area (Å²) in [6, 6.07) is 15.3. The maximum atomic E-state index is 13.7. The molecular formula is C23H28N2O3S. The maximum Gasteiger partial charge on any atom is 0.253 e. The van der Waals surface area contributed by atoms with Gasteiger partial charge in [-0.2, -0.15) is 0 Å². The van der Waals surface area contributed by atoms with Crippen molar-refractivity contribution in [1.29, 1.82) is 0 Å². The van der Waals surface area contributed by atoms with Crippen LogP contribution in [-0.4, -0.2) is 22.0 Å². The molecule has 0 spiro atoms. The van der Waals surface area contributed by atoms with Crippen LogP contribution in [0.1, 0.15) is 38.3 Å². The normalized spacial score (nSPS) is 19.7. The number of nitrogens with zero attached hydrogens (tertiary/aromatic N) is 1. The quantitative estimate of drug-likeness (QED) is 0.698. The predicted octanol–water partition coefficient (Wildman–Crippen LogP) is 4.07. The van der Waals surface area contributed by atoms with Crippen LogP contribution >= 0.6 is 0 Å². The summed E-state index contributed by atoms with van der Waals surface area (Å²) < 4.78 is 20.9. The van der Waals surface area contributed by atoms with E-state index < -0.39 is 21.3 Å². The van der Waals surface area contributed by atoms with Crippen LogP contribution in [0, 0.1) is 0 Å². The van der Waals surface area contributed by atoms with Crippen LogP contribution in [0.15, 0.2) is 61.2 Å². The molecule has 0 aromatic heterocycles. The summed E-state index contributed by atoms with van der Waals surface area (Å²) in [5.74, 6) is 0.650. The number of anilines is 1. The minimum absolute atomic E-state index is 0.119. The van der Waals surface area contributed by atoms with Crippen LogP contribution in [0.2, 0.25) is 0 Å². The smallest absolute Gasteiger partial charge is 0.253 e. The molecule has 3 rings (SSSR count). The standard InChI is InChI=1S/C23H28N2O3S/c1-6-15-23(24-29(27)22(2,3)4)19-9-7-8-10-20(19)25(21(23)26)16-17-11-13-18(28-5)14-12-17/h6-14,24H,1,15-16H2,2-5H3/t23-,29?/m1/s1. The Morgan fingerprint density at radius 1 is 1.17 bits per heavy atom. The van der Waals surface area contributed by atoms with E-state index in [9.17, 15) is 9.00 Å². The van der Waals surface area contributed by atoms with Gasteiger partial charge >= 0.3 is 0 Å². The molecule has 0 radical (unpaired) electrons. The van der Waals surface area contributed by atoms with Gasteiger partial charge in [-0.3, -0.25) is 4.79 Å². The molecule has 1 amide bonds. The molecule has 1 aliphatic rings. The van der Waals surface area contributed by atoms with Crippen molar-refractivity contribution in [2.24, 2.45) is 0 Å². The Morgan fingerprint density at radius 2 is 1.83 bits per heavy atom. The van der Waals surface area contributed by atoms with Gasteiger partial charge in [0.2, 0.25) is 0 Å². The first kappa shape index (κ1) is 21.3. The van der Waals surface area contributed by atoms with E-state index in [1.807, 2.05) is 69.3 Å². The van der Waals surface area contributed by atoms with Crippen molar-refractivity contribution in [1.82, 2.24) is 4.72 Å². The molecule has 5 nitrogen and oxygen atoms in total. The number of fused-ring (bicyclic) bond motifs is 1. The van der Waals surface area contributed by atoms with Crippen LogP contribution in [0.5, 0.6) is 5.75 Å². The molecule has 0 saturated heterocycles. The molecule has 2 atom stereocenters. The number of benzene rings is 2. The second-order valence-electron chi connectivity index (χ2n) is 8.14. The Kier molecular flexibility index (Phi) is 5.96. The second kappa shape index (κ2) is 8.13. The van der Waals surface area contributed by atoms with E-state index in [0.717, 1.165) is 22.6 Å². The number of ether oxygens (including phenoxy) is 1. The molecule has 29 heavy (non-hydrogen) atoms. The number of hydrogen-bond acceptors (Lipinski definition) is 3. The summed E-state index contributed by atoms with van der Waals surface area (Å²) >= 11 is 0. The first-order chi connectivity index (χ1) is 13.7. The van der Waals surface area contributed by atoms with Crippen LogP contribution in [0.4, 0.5) is 5.69 Å². The van der Waals surface area contributed by atoms with E-state index in [-0.39, 0.29) is 5.91 Å². The van der Waals surface area contributed by atoms with Crippen molar-refractivity contribution in [3.63, 3.8) is 0 Å². The maximum absolute atomic E-state index is 13.7. The summed E-state index contributed by atoms with van der Waals surface area (Å²) in [7, 11) is 0.201. The minimum atomic E-state index is -1.42. The first-order valence-electron chi connectivity index (χ1n) is 9.58. The van der Waals surface area contributed by atoms with E-state index in [1.54, 1.807) is 18.1 Å². The summed E-state index contributed by atoms with van der Waals surface area (Å²) in [6.07, 6.45) is 2.06. The third kappa shape index (κ3) is 4.00. The highest BCUT2D eigenvalue weighted by Crippen LogP contribution is 2.44. The van der Waals surface area contributed by atoms with E-state index in [2.05, 4.69) is 11.3 Å². The average Bonchev–Trinajstić information content (AvgIpc) is 2.91. The Balaban J connectivity index is 2.03. The molecule has 6 heteroatoms. The zero-order chi connectivity index (χ0) is 21.2. The van der Waals surface area contributed by atoms with Gasteiger partial charge in [-0.1, -0.05) is 36.4 Å². The minimum Gasteiger partial charge on any atom is -0.497 e. The number of nitrogens with one attached hydrogen (secondary N) is 1. The SMILES string of the molecule is C=CC[C@]1(NS(=O)C(C)(C)C)C(=O)N(Cc2ccc(OC)cc2)c2ccccc21. The molecule has 2 aromatic rings. The van der Waals surface area contributed by atoms with Crippen molar-refractivity contribution in [3.05, 3.63) is 72.3 Å². The molecule has 0 fully saturated rings. The lowest BCUT2D eigenvalue weighted by atomic mass is 9.89. The molecule has 1 N–H and O–H groups in total. The van der Waals surface area contributed by atoms with Crippen LogP contribution in [-0.2, 0) is 27.9 Å². The van der Waals surface area contributed by atoms with Gasteiger partial charge in [0.1, 0.15) is 11.3 Å². The van der Waals surface area contributed by atoms with Crippen LogP contribution in [0.25, 0.3) is 0 Å². The molecule has 0 saturated carbocycles. The lowest BCUT2D eigenvalue weighted by molar-refractivity contribution is -0.123. The molecule has 0 bridgehead atoms. The van der Waals surface area contributed by atoms with Crippen molar-refractivity contribution in [2.75, 3.05) is 12.0 Å². The van der Waals surface area contributed by atoms with E-state index >= 15 is 0 Å². The fraction of sp³-hybridized carbons (Fsp3) is 0.348. The summed E-state index contributed by atoms with van der Waals surface area (Å²) in [6.45, 7) is 9.93. The lowest BCUT2D eigenvalue weighted by Crippen LogP contribution is -2.53. The van der Waals surface area contributed by atoms with E-state index in [1.165, 1.54) is 0 Å². The Morgan fingerprint density at radius 3 is 2.41 bits per heavy atom. The topological polar surface area (TPSA) is 58.6 Å². The molecule has 154 valence electrons. The molecule has 2 aromatic carbocycles. The van der Waals surface area contributed by atoms with Crippen molar-refractivity contribution < 1.29 is 13.7 Å². The second-order valence-corrected chi connectivity index (χ2v) is 10.1. The van der Waals surface area contributed by atoms with Crippen LogP contribution in [0.3, 0.4) is 0 Å². The molecule has 1 heterocycles. The number of carbonyl (C=O) groups is 1. The monoisotopic (exact) mass is 412 g/mol. The predicted molar refractivity (Wildman–Crippen MR) is 118 cm³/mol. The van der Waals surface area contributed by atoms with Crippen molar-refractivity contribution >= 4 is 22.6 Å². The van der Waals surface area contributed by atoms with Crippen LogP contribution < -0.4 is 14.4 Å². The molecule has 1 aliphatic heterocycles. The molecule has 1 unspecified atom stereocenters. The zero-order valence-corrected chi connectivity index (χ0v) is 18.2. The van der Waals surface area contributed by atoms with E-state index in [0.29, 0.717) is 13.0 Å². The first-order valence-corrected chi connectivity index (χ1v) is 10.7. The van der Waals surface area contributed by atoms with Gasteiger partial charge in [0.05, 0.1) is 29.4 Å². The summed E-state index contributed by atoms with van der Waals surface area (Å²) in [5.41, 5.74) is 1.55. The van der Waals surface area contributed by atoms with Gasteiger partial charge in [-0.25, -0.2) is 8.93 Å². The van der Waals surface area contributed by atoms with Gasteiger partial charge in [-0.15, -0.1) is 6.58 Å². The van der Waals surface area contributed by atoms with Gasteiger partial charge in [0.15, 0.2) is 0 Å². The summed E-state index contributed by atoms with van der Waals surface area (Å²) in [4.78, 5) is 15.5. The Hall–Kier alpha value is -2.44. The van der Waals surface area contributed by atoms with Crippen molar-refractivity contribution in [3.8, 4) is 5.75 Å². The lowest BCUT2D eigenvalue weighted by Gasteiger charge is -2.31. The van der Waals surface area contributed by atoms with Gasteiger partial charge in [0, 0.05) is 11.3 Å². The molecular weight excluding hydrogens is 384 g/mol.